The van der Waals surface area contributed by atoms with Gasteiger partial charge in [-0.15, -0.1) is 0 Å². The Morgan fingerprint density at radius 1 is 1.05 bits per heavy atom. The lowest BCUT2D eigenvalue weighted by molar-refractivity contribution is 0.0698. The van der Waals surface area contributed by atoms with Crippen LogP contribution in [0.15, 0.2) is 45.3 Å². The average molecular weight is 433 g/mol. The Labute approximate surface area is 142 Å². The minimum absolute atomic E-state index is 0.0657. The smallest absolute Gasteiger partial charge is 0.337 e. The van der Waals surface area contributed by atoms with E-state index in [0.29, 0.717) is 10.0 Å². The van der Waals surface area contributed by atoms with Gasteiger partial charge in [-0.05, 0) is 52.3 Å². The quantitative estimate of drug-likeness (QED) is 0.730. The molecule has 0 aliphatic heterocycles. The molecule has 2 rings (SSSR count). The number of carbonyl (C=O) groups excluding carboxylic acids is 1. The monoisotopic (exact) mass is 431 g/mol. The van der Waals surface area contributed by atoms with Gasteiger partial charge in [-0.25, -0.2) is 4.79 Å². The van der Waals surface area contributed by atoms with E-state index in [4.69, 9.17) is 16.7 Å². The molecule has 0 unspecified atom stereocenters. The van der Waals surface area contributed by atoms with Gasteiger partial charge in [0.2, 0.25) is 0 Å². The molecule has 0 saturated heterocycles. The van der Waals surface area contributed by atoms with E-state index in [1.165, 1.54) is 18.2 Å². The summed E-state index contributed by atoms with van der Waals surface area (Å²) in [5.41, 5.74) is 0.514. The van der Waals surface area contributed by atoms with Crippen molar-refractivity contribution in [3.63, 3.8) is 0 Å². The normalized spacial score (nSPS) is 10.2. The van der Waals surface area contributed by atoms with Gasteiger partial charge in [0.15, 0.2) is 0 Å². The van der Waals surface area contributed by atoms with Gasteiger partial charge in [0.1, 0.15) is 0 Å². The van der Waals surface area contributed by atoms with Crippen molar-refractivity contribution < 1.29 is 14.7 Å². The number of hydrogen-bond acceptors (Lipinski definition) is 2. The molecule has 0 saturated carbocycles. The largest absolute Gasteiger partial charge is 0.478 e. The molecular weight excluding hydrogens is 425 g/mol. The molecule has 21 heavy (non-hydrogen) atoms. The molecule has 0 bridgehead atoms. The molecule has 1 amide bonds. The lowest BCUT2D eigenvalue weighted by Crippen LogP contribution is -2.15. The molecule has 108 valence electrons. The number of nitrogens with one attached hydrogen (secondary N) is 1. The van der Waals surface area contributed by atoms with E-state index in [0.717, 1.165) is 4.47 Å². The summed E-state index contributed by atoms with van der Waals surface area (Å²) >= 11 is 12.4. The number of carbonyl (C=O) groups is 2. The molecule has 0 aliphatic rings. The van der Waals surface area contributed by atoms with Crippen LogP contribution in [0.2, 0.25) is 5.02 Å². The molecule has 2 N–H and O–H groups in total. The predicted octanol–water partition coefficient (Wildman–Crippen LogP) is 4.82. The van der Waals surface area contributed by atoms with Gasteiger partial charge in [0.25, 0.3) is 5.91 Å². The highest BCUT2D eigenvalue weighted by Crippen LogP contribution is 2.25. The molecule has 0 atom stereocenters. The topological polar surface area (TPSA) is 66.4 Å². The lowest BCUT2D eigenvalue weighted by atomic mass is 10.1. The molecule has 0 aliphatic carbocycles. The van der Waals surface area contributed by atoms with Gasteiger partial charge < -0.3 is 10.4 Å². The Morgan fingerprint density at radius 3 is 2.38 bits per heavy atom. The molecule has 4 nitrogen and oxygen atoms in total. The van der Waals surface area contributed by atoms with Crippen LogP contribution in [0.1, 0.15) is 20.7 Å². The standard InChI is InChI=1S/C14H8Br2ClNO3/c15-7-1-3-9(11(16)5-7)13(19)18-12-4-2-8(17)6-10(12)14(20)21/h1-6H,(H,18,19)(H,20,21). The van der Waals surface area contributed by atoms with Crippen molar-refractivity contribution in [2.45, 2.75) is 0 Å². The van der Waals surface area contributed by atoms with Crippen molar-refractivity contribution in [3.05, 3.63) is 61.5 Å². The third-order valence-corrected chi connectivity index (χ3v) is 4.02. The van der Waals surface area contributed by atoms with Gasteiger partial charge >= 0.3 is 5.97 Å². The van der Waals surface area contributed by atoms with Gasteiger partial charge in [-0.2, -0.15) is 0 Å². The first-order chi connectivity index (χ1) is 9.88. The SMILES string of the molecule is O=C(Nc1ccc(Cl)cc1C(=O)O)c1ccc(Br)cc1Br. The predicted molar refractivity (Wildman–Crippen MR) is 88.2 cm³/mol. The molecule has 0 radical (unpaired) electrons. The van der Waals surface area contributed by atoms with Crippen molar-refractivity contribution in [2.24, 2.45) is 0 Å². The zero-order valence-electron chi connectivity index (χ0n) is 10.4. The van der Waals surface area contributed by atoms with Crippen LogP contribution in [-0.4, -0.2) is 17.0 Å². The van der Waals surface area contributed by atoms with Crippen LogP contribution in [0.25, 0.3) is 0 Å². The molecule has 0 aromatic heterocycles. The Morgan fingerprint density at radius 2 is 1.76 bits per heavy atom. The second-order valence-corrected chi connectivity index (χ2v) is 6.28. The number of rotatable bonds is 3. The van der Waals surface area contributed by atoms with Crippen LogP contribution in [0.3, 0.4) is 0 Å². The first-order valence-corrected chi connectivity index (χ1v) is 7.64. The highest BCUT2D eigenvalue weighted by atomic mass is 79.9. The third-order valence-electron chi connectivity index (χ3n) is 2.64. The van der Waals surface area contributed by atoms with E-state index >= 15 is 0 Å². The second kappa shape index (κ2) is 6.60. The molecule has 2 aromatic rings. The molecule has 2 aromatic carbocycles. The van der Waals surface area contributed by atoms with Gasteiger partial charge in [0.05, 0.1) is 16.8 Å². The zero-order valence-corrected chi connectivity index (χ0v) is 14.3. The Hall–Kier alpha value is -1.37. The van der Waals surface area contributed by atoms with Crippen molar-refractivity contribution in [1.29, 1.82) is 0 Å². The number of anilines is 1. The van der Waals surface area contributed by atoms with Crippen LogP contribution in [0.5, 0.6) is 0 Å². The summed E-state index contributed by atoms with van der Waals surface area (Å²) in [6.45, 7) is 0. The fourth-order valence-corrected chi connectivity index (χ4v) is 3.06. The first-order valence-electron chi connectivity index (χ1n) is 5.67. The summed E-state index contributed by atoms with van der Waals surface area (Å²) in [4.78, 5) is 23.4. The fraction of sp³-hybridized carbons (Fsp3) is 0. The van der Waals surface area contributed by atoms with Crippen LogP contribution in [0.4, 0.5) is 5.69 Å². The van der Waals surface area contributed by atoms with Crippen LogP contribution < -0.4 is 5.32 Å². The average Bonchev–Trinajstić information content (AvgIpc) is 2.40. The number of carboxylic acids is 1. The van der Waals surface area contributed by atoms with Crippen molar-refractivity contribution >= 4 is 61.0 Å². The van der Waals surface area contributed by atoms with E-state index in [1.54, 1.807) is 18.2 Å². The Kier molecular flexibility index (Phi) is 5.03. The van der Waals surface area contributed by atoms with E-state index in [9.17, 15) is 9.59 Å². The van der Waals surface area contributed by atoms with Gasteiger partial charge in [-0.1, -0.05) is 27.5 Å². The number of aromatic carboxylic acids is 1. The number of halogens is 3. The van der Waals surface area contributed by atoms with E-state index in [-0.39, 0.29) is 16.3 Å². The summed E-state index contributed by atoms with van der Waals surface area (Å²) < 4.78 is 1.42. The van der Waals surface area contributed by atoms with Crippen LogP contribution >= 0.6 is 43.5 Å². The van der Waals surface area contributed by atoms with Crippen LogP contribution in [0, 0.1) is 0 Å². The fourth-order valence-electron chi connectivity index (χ4n) is 1.67. The summed E-state index contributed by atoms with van der Waals surface area (Å²) in [6, 6.07) is 9.33. The molecule has 7 heteroatoms. The Bertz CT molecular complexity index is 734. The second-order valence-electron chi connectivity index (χ2n) is 4.07. The summed E-state index contributed by atoms with van der Waals surface area (Å²) in [7, 11) is 0. The summed E-state index contributed by atoms with van der Waals surface area (Å²) in [5, 5.41) is 12.0. The third kappa shape index (κ3) is 3.84. The minimum atomic E-state index is -1.16. The number of hydrogen-bond donors (Lipinski definition) is 2. The van der Waals surface area contributed by atoms with E-state index in [1.807, 2.05) is 0 Å². The lowest BCUT2D eigenvalue weighted by Gasteiger charge is -2.10. The molecular formula is C14H8Br2ClNO3. The maximum Gasteiger partial charge on any atom is 0.337 e. The van der Waals surface area contributed by atoms with E-state index in [2.05, 4.69) is 37.2 Å². The van der Waals surface area contributed by atoms with Crippen molar-refractivity contribution in [2.75, 3.05) is 5.32 Å². The highest BCUT2D eigenvalue weighted by Gasteiger charge is 2.16. The van der Waals surface area contributed by atoms with Crippen molar-refractivity contribution in [1.82, 2.24) is 0 Å². The Balaban J connectivity index is 2.34. The highest BCUT2D eigenvalue weighted by molar-refractivity contribution is 9.11. The van der Waals surface area contributed by atoms with Crippen LogP contribution in [-0.2, 0) is 0 Å². The summed E-state index contributed by atoms with van der Waals surface area (Å²) in [6.07, 6.45) is 0. The zero-order chi connectivity index (χ0) is 15.6. The minimum Gasteiger partial charge on any atom is -0.478 e. The molecule has 0 fully saturated rings. The molecule has 0 heterocycles. The number of benzene rings is 2. The van der Waals surface area contributed by atoms with Gasteiger partial charge in [-0.3, -0.25) is 4.79 Å². The summed E-state index contributed by atoms with van der Waals surface area (Å²) in [5.74, 6) is -1.58. The first kappa shape index (κ1) is 16.0. The van der Waals surface area contributed by atoms with Gasteiger partial charge in [0, 0.05) is 14.0 Å². The van der Waals surface area contributed by atoms with Crippen molar-refractivity contribution in [3.8, 4) is 0 Å². The number of amides is 1. The number of carboxylic acid groups (broad SMARTS) is 1. The molecule has 0 spiro atoms. The maximum atomic E-state index is 12.2. The van der Waals surface area contributed by atoms with E-state index < -0.39 is 11.9 Å². The maximum absolute atomic E-state index is 12.2.